The number of rotatable bonds is 35. The quantitative estimate of drug-likeness (QED) is 0.0291. The Morgan fingerprint density at radius 2 is 1.07 bits per heavy atom. The maximum absolute atomic E-state index is 12.5. The summed E-state index contributed by atoms with van der Waals surface area (Å²) in [5, 5.41) is 0. The molecular weight excluding hydrogens is 605 g/mol. The zero-order valence-corrected chi connectivity index (χ0v) is 30.5. The second kappa shape index (κ2) is 33.6. The first kappa shape index (κ1) is 44.8. The van der Waals surface area contributed by atoms with E-state index < -0.39 is 26.5 Å². The highest BCUT2D eigenvalue weighted by Crippen LogP contribution is 2.43. The van der Waals surface area contributed by atoms with Gasteiger partial charge in [-0.25, -0.2) is 4.57 Å². The van der Waals surface area contributed by atoms with Gasteiger partial charge in [-0.15, -0.1) is 0 Å². The van der Waals surface area contributed by atoms with Crippen molar-refractivity contribution >= 4 is 19.8 Å². The summed E-state index contributed by atoms with van der Waals surface area (Å²) in [7, 11) is -4.36. The molecule has 0 rings (SSSR count). The van der Waals surface area contributed by atoms with Crippen LogP contribution in [0.2, 0.25) is 0 Å². The third-order valence-electron chi connectivity index (χ3n) is 7.90. The molecule has 0 aromatic heterocycles. The van der Waals surface area contributed by atoms with Gasteiger partial charge in [-0.2, -0.15) is 0 Å². The minimum absolute atomic E-state index is 0.0544. The molecular formula is C36H70NO8P. The summed E-state index contributed by atoms with van der Waals surface area (Å²) in [4.78, 5) is 34.6. The normalized spacial score (nSPS) is 13.6. The van der Waals surface area contributed by atoms with Gasteiger partial charge in [-0.05, 0) is 38.5 Å². The number of allylic oxidation sites excluding steroid dienone is 2. The van der Waals surface area contributed by atoms with Crippen LogP contribution in [-0.2, 0) is 32.7 Å². The molecule has 0 aromatic rings. The maximum atomic E-state index is 12.5. The van der Waals surface area contributed by atoms with Gasteiger partial charge in [0.1, 0.15) is 6.61 Å². The predicted molar refractivity (Wildman–Crippen MR) is 188 cm³/mol. The summed E-state index contributed by atoms with van der Waals surface area (Å²) >= 11 is 0. The van der Waals surface area contributed by atoms with Gasteiger partial charge in [0.25, 0.3) is 0 Å². The van der Waals surface area contributed by atoms with Gasteiger partial charge in [-0.1, -0.05) is 135 Å². The molecule has 0 radical (unpaired) electrons. The fraction of sp³-hybridized carbons (Fsp3) is 0.889. The molecule has 1 unspecified atom stereocenters. The molecule has 9 nitrogen and oxygen atoms in total. The number of carbonyl (C=O) groups excluding carboxylic acids is 2. The van der Waals surface area contributed by atoms with E-state index in [0.29, 0.717) is 6.42 Å². The monoisotopic (exact) mass is 675 g/mol. The van der Waals surface area contributed by atoms with Crippen LogP contribution in [0.5, 0.6) is 0 Å². The van der Waals surface area contributed by atoms with Crippen LogP contribution in [0.25, 0.3) is 0 Å². The molecule has 0 bridgehead atoms. The maximum Gasteiger partial charge on any atom is 0.472 e. The molecule has 3 N–H and O–H groups in total. The van der Waals surface area contributed by atoms with E-state index in [4.69, 9.17) is 24.3 Å². The number of phosphoric acid groups is 1. The number of hydrogen-bond acceptors (Lipinski definition) is 8. The highest BCUT2D eigenvalue weighted by molar-refractivity contribution is 7.47. The largest absolute Gasteiger partial charge is 0.472 e. The van der Waals surface area contributed by atoms with Crippen LogP contribution < -0.4 is 5.73 Å². The lowest BCUT2D eigenvalue weighted by atomic mass is 10.0. The summed E-state index contributed by atoms with van der Waals surface area (Å²) in [6.45, 7) is 3.69. The minimum atomic E-state index is -4.36. The van der Waals surface area contributed by atoms with E-state index in [1.54, 1.807) is 0 Å². The van der Waals surface area contributed by atoms with Crippen LogP contribution in [0.1, 0.15) is 174 Å². The van der Waals surface area contributed by atoms with E-state index in [1.807, 2.05) is 0 Å². The van der Waals surface area contributed by atoms with E-state index in [9.17, 15) is 19.0 Å². The number of unbranched alkanes of at least 4 members (excludes halogenated alkanes) is 20. The molecule has 0 amide bonds. The third kappa shape index (κ3) is 32.7. The van der Waals surface area contributed by atoms with Crippen LogP contribution in [0, 0.1) is 0 Å². The van der Waals surface area contributed by atoms with Gasteiger partial charge in [0.05, 0.1) is 13.2 Å². The molecule has 10 heteroatoms. The lowest BCUT2D eigenvalue weighted by Crippen LogP contribution is -2.29. The zero-order valence-electron chi connectivity index (χ0n) is 29.6. The molecule has 0 aliphatic carbocycles. The summed E-state index contributed by atoms with van der Waals surface area (Å²) in [5.41, 5.74) is 5.32. The highest BCUT2D eigenvalue weighted by Gasteiger charge is 2.25. The molecule has 0 saturated carbocycles. The second-order valence-corrected chi connectivity index (χ2v) is 13.9. The van der Waals surface area contributed by atoms with E-state index in [1.165, 1.54) is 83.5 Å². The van der Waals surface area contributed by atoms with Gasteiger partial charge in [0, 0.05) is 19.4 Å². The molecule has 272 valence electrons. The molecule has 0 saturated heterocycles. The Morgan fingerprint density at radius 1 is 0.630 bits per heavy atom. The fourth-order valence-electron chi connectivity index (χ4n) is 5.10. The smallest absolute Gasteiger partial charge is 0.462 e. The van der Waals surface area contributed by atoms with Gasteiger partial charge < -0.3 is 20.1 Å². The number of carbonyl (C=O) groups is 2. The van der Waals surface area contributed by atoms with Crippen LogP contribution >= 0.6 is 7.82 Å². The fourth-order valence-corrected chi connectivity index (χ4v) is 5.86. The Kier molecular flexibility index (Phi) is 32.7. The van der Waals surface area contributed by atoms with Crippen LogP contribution in [0.3, 0.4) is 0 Å². The Bertz CT molecular complexity index is 779. The standard InChI is InChI=1S/C36H70NO8P/c1-3-5-7-9-11-13-15-17-19-20-22-24-26-28-35(38)42-32-34(33-44-46(40,41)43-31-30-37)45-36(39)29-27-25-23-21-18-16-14-12-10-8-6-4-2/h12,14,34H,3-11,13,15-33,37H2,1-2H3,(H,40,41)/b14-12-/t34-/m1/s1. The molecule has 0 aromatic carbocycles. The highest BCUT2D eigenvalue weighted by atomic mass is 31.2. The van der Waals surface area contributed by atoms with Crippen molar-refractivity contribution in [2.45, 2.75) is 180 Å². The molecule has 0 aliphatic heterocycles. The zero-order chi connectivity index (χ0) is 34.0. The Balaban J connectivity index is 4.23. The van der Waals surface area contributed by atoms with Crippen molar-refractivity contribution in [1.29, 1.82) is 0 Å². The molecule has 0 heterocycles. The van der Waals surface area contributed by atoms with E-state index in [-0.39, 0.29) is 38.6 Å². The van der Waals surface area contributed by atoms with Crippen molar-refractivity contribution in [2.75, 3.05) is 26.4 Å². The number of esters is 2. The van der Waals surface area contributed by atoms with Crippen molar-refractivity contribution in [3.63, 3.8) is 0 Å². The molecule has 2 atom stereocenters. The first-order valence-corrected chi connectivity index (χ1v) is 20.2. The topological polar surface area (TPSA) is 134 Å². The Labute approximate surface area is 281 Å². The van der Waals surface area contributed by atoms with Gasteiger partial charge in [-0.3, -0.25) is 18.6 Å². The minimum Gasteiger partial charge on any atom is -0.462 e. The van der Waals surface area contributed by atoms with E-state index in [0.717, 1.165) is 57.8 Å². The Morgan fingerprint density at radius 3 is 1.59 bits per heavy atom. The number of ether oxygens (including phenoxy) is 2. The van der Waals surface area contributed by atoms with Crippen molar-refractivity contribution in [3.05, 3.63) is 12.2 Å². The first-order valence-electron chi connectivity index (χ1n) is 18.7. The van der Waals surface area contributed by atoms with Crippen LogP contribution in [0.15, 0.2) is 12.2 Å². The summed E-state index contributed by atoms with van der Waals surface area (Å²) < 4.78 is 32.6. The average molecular weight is 676 g/mol. The summed E-state index contributed by atoms with van der Waals surface area (Å²) in [6, 6.07) is 0. The average Bonchev–Trinajstić information content (AvgIpc) is 3.04. The van der Waals surface area contributed by atoms with E-state index in [2.05, 4.69) is 26.0 Å². The number of phosphoric ester groups is 1. The first-order chi connectivity index (χ1) is 22.3. The summed E-state index contributed by atoms with van der Waals surface area (Å²) in [6.07, 6.45) is 30.9. The van der Waals surface area contributed by atoms with Gasteiger partial charge in [0.2, 0.25) is 0 Å². The van der Waals surface area contributed by atoms with E-state index >= 15 is 0 Å². The lowest BCUT2D eigenvalue weighted by Gasteiger charge is -2.19. The van der Waals surface area contributed by atoms with Crippen LogP contribution in [-0.4, -0.2) is 49.3 Å². The van der Waals surface area contributed by atoms with Gasteiger partial charge >= 0.3 is 19.8 Å². The number of hydrogen-bond donors (Lipinski definition) is 2. The summed E-state index contributed by atoms with van der Waals surface area (Å²) in [5.74, 6) is -0.835. The van der Waals surface area contributed by atoms with Gasteiger partial charge in [0.15, 0.2) is 6.10 Å². The second-order valence-electron chi connectivity index (χ2n) is 12.4. The molecule has 0 fully saturated rings. The third-order valence-corrected chi connectivity index (χ3v) is 8.89. The van der Waals surface area contributed by atoms with Crippen molar-refractivity contribution in [2.24, 2.45) is 5.73 Å². The molecule has 0 aliphatic rings. The molecule has 0 spiro atoms. The predicted octanol–water partition coefficient (Wildman–Crippen LogP) is 9.88. The number of nitrogens with two attached hydrogens (primary N) is 1. The molecule has 46 heavy (non-hydrogen) atoms. The SMILES string of the molecule is CCCCC/C=C\CCCCCCCC(=O)O[C@H](COC(=O)CCCCCCCCCCCCCCC)COP(=O)(O)OCCN. The lowest BCUT2D eigenvalue weighted by molar-refractivity contribution is -0.161. The van der Waals surface area contributed by atoms with Crippen LogP contribution in [0.4, 0.5) is 0 Å². The Hall–Kier alpha value is -1.25. The van der Waals surface area contributed by atoms with Crippen molar-refractivity contribution in [3.8, 4) is 0 Å². The van der Waals surface area contributed by atoms with Crippen molar-refractivity contribution in [1.82, 2.24) is 0 Å². The van der Waals surface area contributed by atoms with Crippen molar-refractivity contribution < 1.29 is 37.6 Å².